The first-order valence-electron chi connectivity index (χ1n) is 32.5. The van der Waals surface area contributed by atoms with Crippen LogP contribution in [-0.4, -0.2) is 215 Å². The van der Waals surface area contributed by atoms with Gasteiger partial charge in [0.2, 0.25) is 11.8 Å². The molecular weight excluding hydrogens is 1110 g/mol. The maximum atomic E-state index is 13.4. The van der Waals surface area contributed by atoms with E-state index in [0.29, 0.717) is 19.3 Å². The number of amides is 2. The van der Waals surface area contributed by atoms with Crippen molar-refractivity contribution < 1.29 is 104 Å². The van der Waals surface area contributed by atoms with Crippen LogP contribution in [0.3, 0.4) is 0 Å². The number of unbranched alkanes of at least 4 members (excludes halogenated alkanes) is 26. The second-order valence-corrected chi connectivity index (χ2v) is 24.0. The van der Waals surface area contributed by atoms with Gasteiger partial charge in [0.1, 0.15) is 67.1 Å². The van der Waals surface area contributed by atoms with Crippen molar-refractivity contribution in [1.82, 2.24) is 10.6 Å². The van der Waals surface area contributed by atoms with Crippen molar-refractivity contribution in [2.24, 2.45) is 0 Å². The molecule has 0 radical (unpaired) electrons. The van der Waals surface area contributed by atoms with Crippen molar-refractivity contribution in [2.75, 3.05) is 26.4 Å². The monoisotopic (exact) mass is 1220 g/mol. The fraction of sp³-hybridized carbons (Fsp3) is 0.919. The number of hydrogen-bond donors (Lipinski definition) is 14. The molecule has 0 saturated carbocycles. The van der Waals surface area contributed by atoms with Gasteiger partial charge < -0.3 is 100 Å². The molecule has 2 amide bonds. The molecule has 3 rings (SSSR count). The van der Waals surface area contributed by atoms with Gasteiger partial charge >= 0.3 is 5.97 Å². The van der Waals surface area contributed by atoms with Crippen LogP contribution in [0.2, 0.25) is 0 Å². The highest BCUT2D eigenvalue weighted by molar-refractivity contribution is 5.77. The minimum atomic E-state index is -3.08. The summed E-state index contributed by atoms with van der Waals surface area (Å²) in [5.41, 5.74) is 0. The van der Waals surface area contributed by atoms with Gasteiger partial charge in [-0.2, -0.15) is 0 Å². The molecule has 23 nitrogen and oxygen atoms in total. The van der Waals surface area contributed by atoms with Crippen molar-refractivity contribution in [3.8, 4) is 0 Å². The molecule has 14 N–H and O–H groups in total. The van der Waals surface area contributed by atoms with Gasteiger partial charge in [-0.25, -0.2) is 4.79 Å². The Kier molecular flexibility index (Phi) is 39.7. The van der Waals surface area contributed by atoms with Gasteiger partial charge in [-0.1, -0.05) is 180 Å². The van der Waals surface area contributed by atoms with Crippen LogP contribution >= 0.6 is 0 Å². The molecule has 0 aliphatic carbocycles. The fourth-order valence-corrected chi connectivity index (χ4v) is 11.5. The Morgan fingerprint density at radius 1 is 0.600 bits per heavy atom. The molecule has 0 spiro atoms. The average Bonchev–Trinajstić information content (AvgIpc) is 1.28. The maximum absolute atomic E-state index is 13.4. The van der Waals surface area contributed by atoms with Gasteiger partial charge in [0.25, 0.3) is 5.79 Å². The molecule has 498 valence electrons. The number of aliphatic hydroxyl groups is 11. The number of nitrogens with one attached hydrogen (secondary N) is 2. The van der Waals surface area contributed by atoms with E-state index in [2.05, 4.69) is 36.6 Å². The van der Waals surface area contributed by atoms with Crippen LogP contribution in [0.1, 0.15) is 226 Å². The smallest absolute Gasteiger partial charge is 0.364 e. The van der Waals surface area contributed by atoms with Crippen LogP contribution in [0.5, 0.6) is 0 Å². The maximum Gasteiger partial charge on any atom is 0.364 e. The normalized spacial score (nSPS) is 29.6. The molecule has 18 unspecified atom stereocenters. The number of aliphatic hydroxyl groups excluding tert-OH is 11. The van der Waals surface area contributed by atoms with Gasteiger partial charge in [0.15, 0.2) is 12.6 Å². The van der Waals surface area contributed by atoms with E-state index in [-0.39, 0.29) is 18.9 Å². The standard InChI is InChI=1S/C62H114N2O21/c1-4-6-8-10-12-14-16-18-19-20-21-22-24-26-28-30-32-34-36-49(72)64-43(44(69)35-33-31-29-27-25-23-17-15-13-11-9-7-5-2)41-80-59-54(76)53(75)56(48(40-67)82-59)83-60-55(77)58(52(74)47(39-66)81-60)85-62(61(78)79)37-45(70)50(63-42(3)68)57(84-62)51(73)46(71)38-65/h21-22,43-48,50-60,65-67,69-71,73-77H,4-20,23-41H2,1-3H3,(H,63,68)(H,64,72)(H,78,79)/b22-21-. The third kappa shape index (κ3) is 27.6. The van der Waals surface area contributed by atoms with Crippen LogP contribution in [-0.2, 0) is 42.8 Å². The molecule has 23 heteroatoms. The molecule has 3 fully saturated rings. The average molecular weight is 1220 g/mol. The van der Waals surface area contributed by atoms with E-state index in [9.17, 15) is 75.7 Å². The van der Waals surface area contributed by atoms with Crippen molar-refractivity contribution in [3.63, 3.8) is 0 Å². The number of carboxylic acid groups (broad SMARTS) is 1. The summed E-state index contributed by atoms with van der Waals surface area (Å²) >= 11 is 0. The molecule has 3 aliphatic rings. The lowest BCUT2D eigenvalue weighted by Gasteiger charge is -2.50. The van der Waals surface area contributed by atoms with Crippen molar-refractivity contribution in [1.29, 1.82) is 0 Å². The Morgan fingerprint density at radius 3 is 1.59 bits per heavy atom. The van der Waals surface area contributed by atoms with Gasteiger partial charge in [-0.05, 0) is 38.5 Å². The number of hydrogen-bond acceptors (Lipinski definition) is 20. The Balaban J connectivity index is 1.63. The zero-order chi connectivity index (χ0) is 62.6. The number of ether oxygens (including phenoxy) is 6. The van der Waals surface area contributed by atoms with Crippen LogP contribution in [0, 0.1) is 0 Å². The quantitative estimate of drug-likeness (QED) is 0.0298. The largest absolute Gasteiger partial charge is 0.477 e. The van der Waals surface area contributed by atoms with Crippen molar-refractivity contribution in [3.05, 3.63) is 12.2 Å². The lowest BCUT2D eigenvalue weighted by atomic mass is 9.88. The molecular formula is C62H114N2O21. The summed E-state index contributed by atoms with van der Waals surface area (Å²) in [6, 6.07) is -2.53. The summed E-state index contributed by atoms with van der Waals surface area (Å²) in [5.74, 6) is -6.11. The minimum Gasteiger partial charge on any atom is -0.477 e. The SMILES string of the molecule is CCCCCCCCCCC/C=C\CCCCCCCC(=O)NC(COC1OC(CO)C(OC2OC(CO)C(O)C(OC3(C(=O)O)CC(O)C(NC(C)=O)C(C(O)C(O)CO)O3)C2O)C(O)C1O)C(O)CCCCCCCCCCCCCCC. The van der Waals surface area contributed by atoms with Crippen LogP contribution in [0.15, 0.2) is 12.2 Å². The number of carboxylic acids is 1. The molecule has 85 heavy (non-hydrogen) atoms. The minimum absolute atomic E-state index is 0.215. The fourth-order valence-electron chi connectivity index (χ4n) is 11.5. The molecule has 0 aromatic rings. The molecule has 0 aromatic carbocycles. The third-order valence-corrected chi connectivity index (χ3v) is 16.7. The van der Waals surface area contributed by atoms with Gasteiger partial charge in [-0.15, -0.1) is 0 Å². The molecule has 0 aromatic heterocycles. The van der Waals surface area contributed by atoms with Gasteiger partial charge in [-0.3, -0.25) is 9.59 Å². The predicted molar refractivity (Wildman–Crippen MR) is 315 cm³/mol. The number of rotatable bonds is 48. The van der Waals surface area contributed by atoms with E-state index in [0.717, 1.165) is 71.1 Å². The summed E-state index contributed by atoms with van der Waals surface area (Å²) in [6.45, 7) is 2.18. The Bertz CT molecular complexity index is 1790. The lowest BCUT2D eigenvalue weighted by Crippen LogP contribution is -2.70. The Morgan fingerprint density at radius 2 is 1.09 bits per heavy atom. The number of aliphatic carboxylic acids is 1. The highest BCUT2D eigenvalue weighted by Gasteiger charge is 2.60. The molecule has 18 atom stereocenters. The molecule has 3 aliphatic heterocycles. The first kappa shape index (κ1) is 76.7. The summed E-state index contributed by atoms with van der Waals surface area (Å²) in [6.07, 6.45) is 9.41. The van der Waals surface area contributed by atoms with Gasteiger partial charge in [0, 0.05) is 19.8 Å². The highest BCUT2D eigenvalue weighted by Crippen LogP contribution is 2.38. The number of allylic oxidation sites excluding steroid dienone is 2. The lowest BCUT2D eigenvalue weighted by molar-refractivity contribution is -0.386. The van der Waals surface area contributed by atoms with Crippen LogP contribution < -0.4 is 10.6 Å². The van der Waals surface area contributed by atoms with E-state index >= 15 is 0 Å². The highest BCUT2D eigenvalue weighted by atomic mass is 16.8. The van der Waals surface area contributed by atoms with E-state index in [1.807, 2.05) is 0 Å². The third-order valence-electron chi connectivity index (χ3n) is 16.7. The van der Waals surface area contributed by atoms with E-state index in [4.69, 9.17) is 28.4 Å². The Labute approximate surface area is 505 Å². The summed E-state index contributed by atoms with van der Waals surface area (Å²) in [5, 5.41) is 136. The predicted octanol–water partition coefficient (Wildman–Crippen LogP) is 4.34. The number of carbonyl (C=O) groups excluding carboxylic acids is 2. The first-order valence-corrected chi connectivity index (χ1v) is 32.5. The summed E-state index contributed by atoms with van der Waals surface area (Å²) in [4.78, 5) is 38.5. The van der Waals surface area contributed by atoms with E-state index in [1.165, 1.54) is 109 Å². The topological polar surface area (TPSA) is 373 Å². The van der Waals surface area contributed by atoms with E-state index < -0.39 is 148 Å². The summed E-state index contributed by atoms with van der Waals surface area (Å²) < 4.78 is 34.8. The molecule has 0 bridgehead atoms. The van der Waals surface area contributed by atoms with Gasteiger partial charge in [0.05, 0.1) is 50.7 Å². The molecule has 3 saturated heterocycles. The second-order valence-electron chi connectivity index (χ2n) is 24.0. The first-order chi connectivity index (χ1) is 40.9. The molecule has 3 heterocycles. The summed E-state index contributed by atoms with van der Waals surface area (Å²) in [7, 11) is 0. The number of carbonyl (C=O) groups is 3. The van der Waals surface area contributed by atoms with Crippen LogP contribution in [0.4, 0.5) is 0 Å². The Hall–Kier alpha value is -2.53. The van der Waals surface area contributed by atoms with Crippen molar-refractivity contribution >= 4 is 17.8 Å². The van der Waals surface area contributed by atoms with Crippen LogP contribution in [0.25, 0.3) is 0 Å². The van der Waals surface area contributed by atoms with Crippen molar-refractivity contribution in [2.45, 2.75) is 336 Å². The zero-order valence-corrected chi connectivity index (χ0v) is 51.5. The zero-order valence-electron chi connectivity index (χ0n) is 51.5. The van der Waals surface area contributed by atoms with E-state index in [1.54, 1.807) is 0 Å². The second kappa shape index (κ2) is 44.0.